The van der Waals surface area contributed by atoms with Crippen molar-refractivity contribution in [2.45, 2.75) is 46.2 Å². The van der Waals surface area contributed by atoms with Crippen LogP contribution in [-0.4, -0.2) is 31.6 Å². The fraction of sp³-hybridized carbons (Fsp3) is 0.667. The Balaban J connectivity index is 1.99. The second-order valence-corrected chi connectivity index (χ2v) is 6.28. The van der Waals surface area contributed by atoms with E-state index in [1.807, 2.05) is 0 Å². The monoisotopic (exact) mass is 290 g/mol. The number of rotatable bonds is 7. The van der Waals surface area contributed by atoms with Crippen molar-refractivity contribution < 1.29 is 4.74 Å². The van der Waals surface area contributed by atoms with E-state index in [2.05, 4.69) is 42.3 Å². The molecule has 1 aliphatic rings. The third kappa shape index (κ3) is 5.01. The van der Waals surface area contributed by atoms with E-state index >= 15 is 0 Å². The van der Waals surface area contributed by atoms with Gasteiger partial charge in [-0.05, 0) is 62.5 Å². The Hall–Kier alpha value is -1.06. The maximum Gasteiger partial charge on any atom is 0.123 e. The molecule has 0 amide bonds. The van der Waals surface area contributed by atoms with Crippen LogP contribution in [0.1, 0.15) is 44.2 Å². The Morgan fingerprint density at radius 2 is 2.05 bits per heavy atom. The van der Waals surface area contributed by atoms with Gasteiger partial charge in [-0.15, -0.1) is 0 Å². The summed E-state index contributed by atoms with van der Waals surface area (Å²) in [7, 11) is 1.77. The van der Waals surface area contributed by atoms with Crippen LogP contribution in [0, 0.1) is 5.92 Å². The van der Waals surface area contributed by atoms with Crippen molar-refractivity contribution in [2.24, 2.45) is 5.92 Å². The number of nitrogens with one attached hydrogen (secondary N) is 1. The minimum Gasteiger partial charge on any atom is -0.496 e. The van der Waals surface area contributed by atoms with Crippen molar-refractivity contribution in [2.75, 3.05) is 26.7 Å². The van der Waals surface area contributed by atoms with E-state index in [-0.39, 0.29) is 0 Å². The smallest absolute Gasteiger partial charge is 0.123 e. The highest BCUT2D eigenvalue weighted by molar-refractivity contribution is 5.37. The molecule has 3 heteroatoms. The molecule has 1 N–H and O–H groups in total. The van der Waals surface area contributed by atoms with Crippen LogP contribution in [0.2, 0.25) is 0 Å². The summed E-state index contributed by atoms with van der Waals surface area (Å²) in [6.45, 7) is 10.0. The fourth-order valence-corrected chi connectivity index (χ4v) is 2.94. The van der Waals surface area contributed by atoms with Gasteiger partial charge in [-0.25, -0.2) is 0 Å². The Bertz CT molecular complexity index is 425. The molecule has 0 spiro atoms. The molecule has 1 aliphatic heterocycles. The molecule has 0 radical (unpaired) electrons. The Morgan fingerprint density at radius 1 is 1.29 bits per heavy atom. The van der Waals surface area contributed by atoms with E-state index in [0.717, 1.165) is 31.3 Å². The molecule has 2 rings (SSSR count). The molecule has 1 saturated heterocycles. The summed E-state index contributed by atoms with van der Waals surface area (Å²) in [6, 6.07) is 6.59. The average Bonchev–Trinajstić information content (AvgIpc) is 2.50. The molecule has 0 saturated carbocycles. The van der Waals surface area contributed by atoms with Crippen molar-refractivity contribution in [1.29, 1.82) is 0 Å². The van der Waals surface area contributed by atoms with E-state index in [0.29, 0.717) is 0 Å². The van der Waals surface area contributed by atoms with Crippen LogP contribution in [0.3, 0.4) is 0 Å². The maximum absolute atomic E-state index is 5.54. The van der Waals surface area contributed by atoms with E-state index in [1.54, 1.807) is 7.11 Å². The molecule has 0 atom stereocenters. The molecule has 21 heavy (non-hydrogen) atoms. The minimum atomic E-state index is 0.882. The van der Waals surface area contributed by atoms with Crippen LogP contribution < -0.4 is 10.1 Å². The zero-order chi connectivity index (χ0) is 15.1. The van der Waals surface area contributed by atoms with Gasteiger partial charge in [-0.1, -0.05) is 19.9 Å². The third-order valence-electron chi connectivity index (χ3n) is 4.37. The molecule has 118 valence electrons. The first-order chi connectivity index (χ1) is 10.2. The second kappa shape index (κ2) is 8.40. The number of hydrogen-bond donors (Lipinski definition) is 1. The lowest BCUT2D eigenvalue weighted by molar-refractivity contribution is 0.183. The third-order valence-corrected chi connectivity index (χ3v) is 4.37. The Kier molecular flexibility index (Phi) is 6.52. The first-order valence-corrected chi connectivity index (χ1v) is 8.31. The van der Waals surface area contributed by atoms with E-state index in [9.17, 15) is 0 Å². The highest BCUT2D eigenvalue weighted by Crippen LogP contribution is 2.24. The molecule has 1 aromatic carbocycles. The highest BCUT2D eigenvalue weighted by Gasteiger charge is 2.17. The molecule has 0 bridgehead atoms. The van der Waals surface area contributed by atoms with Gasteiger partial charge in [0.05, 0.1) is 7.11 Å². The summed E-state index contributed by atoms with van der Waals surface area (Å²) in [4.78, 5) is 2.56. The van der Waals surface area contributed by atoms with Crippen molar-refractivity contribution in [3.05, 3.63) is 29.3 Å². The van der Waals surface area contributed by atoms with Crippen molar-refractivity contribution in [3.8, 4) is 5.75 Å². The largest absolute Gasteiger partial charge is 0.496 e. The summed E-state index contributed by atoms with van der Waals surface area (Å²) < 4.78 is 5.54. The molecule has 1 aromatic rings. The standard InChI is InChI=1S/C18H30N2O/c1-4-9-19-13-16-5-6-18(21-3)17(12-16)14-20-10-7-15(2)8-11-20/h5-6,12,15,19H,4,7-11,13-14H2,1-3H3. The molecular formula is C18H30N2O. The zero-order valence-corrected chi connectivity index (χ0v) is 13.8. The van der Waals surface area contributed by atoms with Gasteiger partial charge in [0.2, 0.25) is 0 Å². The lowest BCUT2D eigenvalue weighted by atomic mass is 9.98. The van der Waals surface area contributed by atoms with Gasteiger partial charge < -0.3 is 10.1 Å². The molecule has 1 heterocycles. The number of hydrogen-bond acceptors (Lipinski definition) is 3. The van der Waals surface area contributed by atoms with Gasteiger partial charge >= 0.3 is 0 Å². The van der Waals surface area contributed by atoms with Crippen LogP contribution in [0.5, 0.6) is 5.75 Å². The summed E-state index contributed by atoms with van der Waals surface area (Å²) in [5.41, 5.74) is 2.67. The van der Waals surface area contributed by atoms with Gasteiger partial charge in [0.1, 0.15) is 5.75 Å². The van der Waals surface area contributed by atoms with Crippen LogP contribution in [-0.2, 0) is 13.1 Å². The van der Waals surface area contributed by atoms with E-state index < -0.39 is 0 Å². The average molecular weight is 290 g/mol. The molecule has 3 nitrogen and oxygen atoms in total. The topological polar surface area (TPSA) is 24.5 Å². The van der Waals surface area contributed by atoms with Crippen molar-refractivity contribution >= 4 is 0 Å². The highest BCUT2D eigenvalue weighted by atomic mass is 16.5. The zero-order valence-electron chi connectivity index (χ0n) is 13.8. The van der Waals surface area contributed by atoms with E-state index in [1.165, 1.54) is 43.5 Å². The predicted octanol–water partition coefficient (Wildman–Crippen LogP) is 3.43. The van der Waals surface area contributed by atoms with Crippen molar-refractivity contribution in [1.82, 2.24) is 10.2 Å². The van der Waals surface area contributed by atoms with Gasteiger partial charge in [-0.2, -0.15) is 0 Å². The SMILES string of the molecule is CCCNCc1ccc(OC)c(CN2CCC(C)CC2)c1. The number of ether oxygens (including phenoxy) is 1. The van der Waals surface area contributed by atoms with Crippen LogP contribution in [0.25, 0.3) is 0 Å². The second-order valence-electron chi connectivity index (χ2n) is 6.28. The lowest BCUT2D eigenvalue weighted by Gasteiger charge is -2.30. The van der Waals surface area contributed by atoms with Crippen LogP contribution in [0.4, 0.5) is 0 Å². The number of likely N-dealkylation sites (tertiary alicyclic amines) is 1. The minimum absolute atomic E-state index is 0.882. The Morgan fingerprint density at radius 3 is 2.71 bits per heavy atom. The normalized spacial score (nSPS) is 17.1. The molecular weight excluding hydrogens is 260 g/mol. The molecule has 0 aliphatic carbocycles. The van der Waals surface area contributed by atoms with Crippen LogP contribution in [0.15, 0.2) is 18.2 Å². The lowest BCUT2D eigenvalue weighted by Crippen LogP contribution is -2.32. The number of methoxy groups -OCH3 is 1. The molecule has 1 fully saturated rings. The fourth-order valence-electron chi connectivity index (χ4n) is 2.94. The summed E-state index contributed by atoms with van der Waals surface area (Å²) in [5.74, 6) is 1.90. The van der Waals surface area contributed by atoms with Crippen molar-refractivity contribution in [3.63, 3.8) is 0 Å². The molecule has 0 aromatic heterocycles. The Labute approximate surface area is 129 Å². The van der Waals surface area contributed by atoms with Gasteiger partial charge in [0, 0.05) is 18.7 Å². The van der Waals surface area contributed by atoms with E-state index in [4.69, 9.17) is 4.74 Å². The first kappa shape index (κ1) is 16.3. The molecule has 0 unspecified atom stereocenters. The predicted molar refractivity (Wildman–Crippen MR) is 88.7 cm³/mol. The number of nitrogens with zero attached hydrogens (tertiary/aromatic N) is 1. The summed E-state index contributed by atoms with van der Waals surface area (Å²) >= 11 is 0. The maximum atomic E-state index is 5.54. The summed E-state index contributed by atoms with van der Waals surface area (Å²) in [5, 5.41) is 3.47. The van der Waals surface area contributed by atoms with Gasteiger partial charge in [-0.3, -0.25) is 4.90 Å². The first-order valence-electron chi connectivity index (χ1n) is 8.31. The number of piperidine rings is 1. The van der Waals surface area contributed by atoms with Gasteiger partial charge in [0.25, 0.3) is 0 Å². The summed E-state index contributed by atoms with van der Waals surface area (Å²) in [6.07, 6.45) is 3.81. The van der Waals surface area contributed by atoms with Crippen LogP contribution >= 0.6 is 0 Å². The van der Waals surface area contributed by atoms with Gasteiger partial charge in [0.15, 0.2) is 0 Å². The quantitative estimate of drug-likeness (QED) is 0.779. The number of benzene rings is 1.